The van der Waals surface area contributed by atoms with E-state index in [1.807, 2.05) is 11.4 Å². The Morgan fingerprint density at radius 1 is 1.29 bits per heavy atom. The highest BCUT2D eigenvalue weighted by Gasteiger charge is 2.11. The van der Waals surface area contributed by atoms with Crippen LogP contribution in [0.4, 0.5) is 0 Å². The van der Waals surface area contributed by atoms with E-state index in [1.54, 1.807) is 7.11 Å². The van der Waals surface area contributed by atoms with E-state index < -0.39 is 0 Å². The molecule has 1 heterocycles. The molecule has 0 saturated heterocycles. The average Bonchev–Trinajstić information content (AvgIpc) is 2.80. The predicted octanol–water partition coefficient (Wildman–Crippen LogP) is 2.93. The van der Waals surface area contributed by atoms with Gasteiger partial charge in [-0.1, -0.05) is 0 Å². The van der Waals surface area contributed by atoms with Crippen LogP contribution in [0.1, 0.15) is 16.8 Å². The largest absolute Gasteiger partial charge is 0.496 e. The van der Waals surface area contributed by atoms with E-state index in [2.05, 4.69) is 24.9 Å². The monoisotopic (exact) mass is 249 g/mol. The van der Waals surface area contributed by atoms with Crippen LogP contribution in [0, 0.1) is 13.8 Å². The predicted molar refractivity (Wildman–Crippen MR) is 69.5 cm³/mol. The molecule has 0 saturated carbocycles. The number of aromatic nitrogens is 1. The molecule has 0 spiro atoms. The van der Waals surface area contributed by atoms with Crippen LogP contribution in [0.15, 0.2) is 17.5 Å². The van der Waals surface area contributed by atoms with E-state index >= 15 is 0 Å². The second-order valence-corrected chi connectivity index (χ2v) is 4.80. The van der Waals surface area contributed by atoms with Crippen LogP contribution >= 0.6 is 11.3 Å². The van der Waals surface area contributed by atoms with Crippen LogP contribution in [-0.2, 0) is 6.61 Å². The van der Waals surface area contributed by atoms with Crippen LogP contribution < -0.4 is 4.74 Å². The highest BCUT2D eigenvalue weighted by Crippen LogP contribution is 2.34. The number of aryl methyl sites for hydroxylation is 2. The molecule has 2 aromatic rings. The van der Waals surface area contributed by atoms with E-state index in [-0.39, 0.29) is 6.61 Å². The minimum absolute atomic E-state index is 0.0241. The smallest absolute Gasteiger partial charge is 0.129 e. The first kappa shape index (κ1) is 12.1. The number of hydrogen-bond donors (Lipinski definition) is 1. The zero-order chi connectivity index (χ0) is 12.4. The van der Waals surface area contributed by atoms with Crippen molar-refractivity contribution in [1.82, 2.24) is 4.98 Å². The maximum absolute atomic E-state index is 9.04. The normalized spacial score (nSPS) is 10.6. The summed E-state index contributed by atoms with van der Waals surface area (Å²) < 4.78 is 5.38. The minimum atomic E-state index is -0.0241. The number of hydrogen-bond acceptors (Lipinski definition) is 4. The second-order valence-electron chi connectivity index (χ2n) is 3.94. The Hall–Kier alpha value is -1.39. The Labute approximate surface area is 105 Å². The quantitative estimate of drug-likeness (QED) is 0.909. The molecular formula is C13H15NO2S. The fourth-order valence-electron chi connectivity index (χ4n) is 1.63. The van der Waals surface area contributed by atoms with Crippen molar-refractivity contribution >= 4 is 11.3 Å². The van der Waals surface area contributed by atoms with Gasteiger partial charge in [-0.2, -0.15) is 0 Å². The summed E-state index contributed by atoms with van der Waals surface area (Å²) in [4.78, 5) is 4.37. The molecule has 0 aliphatic carbocycles. The summed E-state index contributed by atoms with van der Waals surface area (Å²) in [6.45, 7) is 4.10. The summed E-state index contributed by atoms with van der Waals surface area (Å²) in [5, 5.41) is 11.8. The van der Waals surface area contributed by atoms with Gasteiger partial charge in [0.1, 0.15) is 10.8 Å². The molecule has 0 aliphatic heterocycles. The van der Waals surface area contributed by atoms with Crippen molar-refractivity contribution in [3.63, 3.8) is 0 Å². The van der Waals surface area contributed by atoms with Gasteiger partial charge in [-0.3, -0.25) is 0 Å². The molecule has 17 heavy (non-hydrogen) atoms. The molecule has 0 unspecified atom stereocenters. The van der Waals surface area contributed by atoms with Crippen LogP contribution in [-0.4, -0.2) is 17.2 Å². The van der Waals surface area contributed by atoms with Gasteiger partial charge in [0.15, 0.2) is 0 Å². The third-order valence-corrected chi connectivity index (χ3v) is 3.68. The van der Waals surface area contributed by atoms with E-state index in [9.17, 15) is 0 Å². The Kier molecular flexibility index (Phi) is 3.45. The van der Waals surface area contributed by atoms with E-state index in [0.29, 0.717) is 5.69 Å². The number of methoxy groups -OCH3 is 1. The van der Waals surface area contributed by atoms with Crippen molar-refractivity contribution < 1.29 is 9.84 Å². The Morgan fingerprint density at radius 2 is 2.00 bits per heavy atom. The SMILES string of the molecule is COc1cc(C)c(C)cc1-c1nc(CO)cs1. The maximum Gasteiger partial charge on any atom is 0.129 e. The molecule has 2 rings (SSSR count). The van der Waals surface area contributed by atoms with Crippen molar-refractivity contribution in [3.8, 4) is 16.3 Å². The van der Waals surface area contributed by atoms with Gasteiger partial charge in [-0.25, -0.2) is 4.98 Å². The standard InChI is InChI=1S/C13H15NO2S/c1-8-4-11(12(16-3)5-9(8)2)13-14-10(6-15)7-17-13/h4-5,7,15H,6H2,1-3H3. The van der Waals surface area contributed by atoms with Crippen molar-refractivity contribution in [1.29, 1.82) is 0 Å². The number of ether oxygens (including phenoxy) is 1. The Morgan fingerprint density at radius 3 is 2.59 bits per heavy atom. The third kappa shape index (κ3) is 2.33. The van der Waals surface area contributed by atoms with E-state index in [0.717, 1.165) is 16.3 Å². The number of thiazole rings is 1. The van der Waals surface area contributed by atoms with Crippen LogP contribution in [0.2, 0.25) is 0 Å². The molecule has 1 N–H and O–H groups in total. The summed E-state index contributed by atoms with van der Waals surface area (Å²) in [5.74, 6) is 0.826. The third-order valence-electron chi connectivity index (χ3n) is 2.76. The summed E-state index contributed by atoms with van der Waals surface area (Å²) in [6.07, 6.45) is 0. The maximum atomic E-state index is 9.04. The molecule has 1 aromatic carbocycles. The number of benzene rings is 1. The van der Waals surface area contributed by atoms with Crippen LogP contribution in [0.3, 0.4) is 0 Å². The van der Waals surface area contributed by atoms with Crippen molar-refractivity contribution in [2.45, 2.75) is 20.5 Å². The minimum Gasteiger partial charge on any atom is -0.496 e. The van der Waals surface area contributed by atoms with Crippen LogP contribution in [0.5, 0.6) is 5.75 Å². The number of rotatable bonds is 3. The summed E-state index contributed by atoms with van der Waals surface area (Å²) in [5.41, 5.74) is 4.09. The highest BCUT2D eigenvalue weighted by molar-refractivity contribution is 7.13. The van der Waals surface area contributed by atoms with E-state index in [4.69, 9.17) is 9.84 Å². The molecular weight excluding hydrogens is 234 g/mol. The van der Waals surface area contributed by atoms with Gasteiger partial charge in [0.05, 0.1) is 25.0 Å². The van der Waals surface area contributed by atoms with Gasteiger partial charge in [0.25, 0.3) is 0 Å². The molecule has 0 amide bonds. The van der Waals surface area contributed by atoms with Gasteiger partial charge in [-0.15, -0.1) is 11.3 Å². The molecule has 0 radical (unpaired) electrons. The topological polar surface area (TPSA) is 42.4 Å². The number of aliphatic hydroxyl groups is 1. The average molecular weight is 249 g/mol. The Balaban J connectivity index is 2.53. The molecule has 1 aromatic heterocycles. The molecule has 0 bridgehead atoms. The van der Waals surface area contributed by atoms with Gasteiger partial charge < -0.3 is 9.84 Å². The molecule has 0 atom stereocenters. The zero-order valence-electron chi connectivity index (χ0n) is 10.2. The highest BCUT2D eigenvalue weighted by atomic mass is 32.1. The first-order valence-electron chi connectivity index (χ1n) is 5.36. The van der Waals surface area contributed by atoms with E-state index in [1.165, 1.54) is 22.5 Å². The fourth-order valence-corrected chi connectivity index (χ4v) is 2.46. The molecule has 4 heteroatoms. The number of nitrogens with zero attached hydrogens (tertiary/aromatic N) is 1. The van der Waals surface area contributed by atoms with Crippen molar-refractivity contribution in [2.75, 3.05) is 7.11 Å². The summed E-state index contributed by atoms with van der Waals surface area (Å²) in [6, 6.07) is 4.10. The lowest BCUT2D eigenvalue weighted by molar-refractivity contribution is 0.278. The molecule has 3 nitrogen and oxygen atoms in total. The molecule has 90 valence electrons. The Bertz CT molecular complexity index is 534. The fraction of sp³-hybridized carbons (Fsp3) is 0.308. The van der Waals surface area contributed by atoms with Crippen molar-refractivity contribution in [2.24, 2.45) is 0 Å². The summed E-state index contributed by atoms with van der Waals surface area (Å²) >= 11 is 1.52. The van der Waals surface area contributed by atoms with Crippen molar-refractivity contribution in [3.05, 3.63) is 34.3 Å². The van der Waals surface area contributed by atoms with Gasteiger partial charge in [0, 0.05) is 5.38 Å². The molecule has 0 aliphatic rings. The van der Waals surface area contributed by atoms with Gasteiger partial charge in [-0.05, 0) is 37.1 Å². The summed E-state index contributed by atoms with van der Waals surface area (Å²) in [7, 11) is 1.66. The number of aliphatic hydroxyl groups excluding tert-OH is 1. The first-order valence-corrected chi connectivity index (χ1v) is 6.24. The van der Waals surface area contributed by atoms with Gasteiger partial charge in [0.2, 0.25) is 0 Å². The van der Waals surface area contributed by atoms with Crippen LogP contribution in [0.25, 0.3) is 10.6 Å². The second kappa shape index (κ2) is 4.85. The lowest BCUT2D eigenvalue weighted by atomic mass is 10.1. The van der Waals surface area contributed by atoms with Gasteiger partial charge >= 0.3 is 0 Å². The zero-order valence-corrected chi connectivity index (χ0v) is 11.0. The lowest BCUT2D eigenvalue weighted by Gasteiger charge is -2.09. The lowest BCUT2D eigenvalue weighted by Crippen LogP contribution is -1.92. The molecule has 0 fully saturated rings. The first-order chi connectivity index (χ1) is 8.15.